The summed E-state index contributed by atoms with van der Waals surface area (Å²) < 4.78 is 5.54. The molecule has 0 radical (unpaired) electrons. The Labute approximate surface area is 162 Å². The zero-order chi connectivity index (χ0) is 18.8. The van der Waals surface area contributed by atoms with Crippen molar-refractivity contribution in [2.24, 2.45) is 0 Å². The number of likely N-dealkylation sites (N-methyl/N-ethyl adjacent to an activating group) is 1. The summed E-state index contributed by atoms with van der Waals surface area (Å²) in [6.45, 7) is 8.97. The highest BCUT2D eigenvalue weighted by atomic mass is 16.5. The topological polar surface area (TPSA) is 31.8 Å². The number of piperidine rings is 1. The van der Waals surface area contributed by atoms with Crippen molar-refractivity contribution in [2.45, 2.75) is 32.2 Å². The summed E-state index contributed by atoms with van der Waals surface area (Å²) in [5.41, 5.74) is 3.32. The predicted octanol–water partition coefficient (Wildman–Crippen LogP) is 3.16. The Morgan fingerprint density at radius 1 is 1.11 bits per heavy atom. The van der Waals surface area contributed by atoms with Crippen LogP contribution in [0.15, 0.2) is 24.3 Å². The van der Waals surface area contributed by atoms with E-state index in [0.29, 0.717) is 0 Å². The first-order valence-electron chi connectivity index (χ1n) is 10.3. The molecule has 1 atom stereocenters. The van der Waals surface area contributed by atoms with Crippen LogP contribution in [0.25, 0.3) is 10.9 Å². The first-order valence-corrected chi connectivity index (χ1v) is 10.3. The van der Waals surface area contributed by atoms with Crippen molar-refractivity contribution in [3.8, 4) is 5.75 Å². The van der Waals surface area contributed by atoms with Crippen LogP contribution in [-0.4, -0.2) is 74.3 Å². The first kappa shape index (κ1) is 18.5. The van der Waals surface area contributed by atoms with Crippen LogP contribution < -0.4 is 9.64 Å². The van der Waals surface area contributed by atoms with Gasteiger partial charge in [-0.2, -0.15) is 0 Å². The molecule has 2 aliphatic heterocycles. The second kappa shape index (κ2) is 8.03. The number of aryl methyl sites for hydroxylation is 1. The number of para-hydroxylation sites is 1. The van der Waals surface area contributed by atoms with Crippen LogP contribution in [0.2, 0.25) is 0 Å². The number of likely N-dealkylation sites (tertiary alicyclic amines) is 1. The van der Waals surface area contributed by atoms with Gasteiger partial charge in [-0.3, -0.25) is 4.90 Å². The molecule has 27 heavy (non-hydrogen) atoms. The molecule has 146 valence electrons. The zero-order valence-electron chi connectivity index (χ0n) is 16.9. The fraction of sp³-hybridized carbons (Fsp3) is 0.591. The normalized spacial score (nSPS) is 22.3. The Morgan fingerprint density at radius 3 is 2.67 bits per heavy atom. The van der Waals surface area contributed by atoms with Gasteiger partial charge in [-0.25, -0.2) is 4.98 Å². The van der Waals surface area contributed by atoms with Crippen molar-refractivity contribution in [2.75, 3.05) is 58.3 Å². The number of fused-ring (bicyclic) bond motifs is 1. The minimum absolute atomic E-state index is 0.735. The quantitative estimate of drug-likeness (QED) is 0.828. The van der Waals surface area contributed by atoms with E-state index in [0.717, 1.165) is 49.2 Å². The summed E-state index contributed by atoms with van der Waals surface area (Å²) in [4.78, 5) is 12.5. The zero-order valence-corrected chi connectivity index (χ0v) is 16.9. The number of hydrogen-bond acceptors (Lipinski definition) is 5. The largest absolute Gasteiger partial charge is 0.494 e. The van der Waals surface area contributed by atoms with Gasteiger partial charge in [0.25, 0.3) is 0 Å². The molecule has 3 heterocycles. The molecule has 2 saturated heterocycles. The highest BCUT2D eigenvalue weighted by Crippen LogP contribution is 2.32. The molecule has 0 spiro atoms. The standard InChI is InChI=1S/C22H32N4O/c1-17-15-20(19-8-6-9-21(27-3)22(19)23-17)26-13-11-25(12-14-26)16-18-7-4-5-10-24(18)2/h6,8-9,15,18H,4-5,7,10-14,16H2,1-3H3. The maximum absolute atomic E-state index is 5.54. The Hall–Kier alpha value is -1.85. The van der Waals surface area contributed by atoms with E-state index in [4.69, 9.17) is 9.72 Å². The summed E-state index contributed by atoms with van der Waals surface area (Å²) in [6.07, 6.45) is 4.10. The Balaban J connectivity index is 1.48. The summed E-state index contributed by atoms with van der Waals surface area (Å²) in [7, 11) is 4.01. The van der Waals surface area contributed by atoms with E-state index in [9.17, 15) is 0 Å². The second-order valence-electron chi connectivity index (χ2n) is 8.06. The number of rotatable bonds is 4. The number of piperazine rings is 1. The summed E-state index contributed by atoms with van der Waals surface area (Å²) in [6, 6.07) is 9.20. The number of methoxy groups -OCH3 is 1. The molecular formula is C22H32N4O. The minimum Gasteiger partial charge on any atom is -0.494 e. The van der Waals surface area contributed by atoms with E-state index in [1.165, 1.54) is 43.4 Å². The average Bonchev–Trinajstić information content (AvgIpc) is 2.69. The molecule has 2 aliphatic rings. The van der Waals surface area contributed by atoms with Crippen LogP contribution in [0.3, 0.4) is 0 Å². The molecule has 4 rings (SSSR count). The average molecular weight is 369 g/mol. The van der Waals surface area contributed by atoms with Gasteiger partial charge in [-0.05, 0) is 45.5 Å². The smallest absolute Gasteiger partial charge is 0.145 e. The third-order valence-corrected chi connectivity index (χ3v) is 6.23. The van der Waals surface area contributed by atoms with E-state index in [2.05, 4.69) is 46.9 Å². The lowest BCUT2D eigenvalue weighted by Crippen LogP contribution is -2.52. The van der Waals surface area contributed by atoms with Crippen LogP contribution in [0.4, 0.5) is 5.69 Å². The molecular weight excluding hydrogens is 336 g/mol. The molecule has 0 amide bonds. The lowest BCUT2D eigenvalue weighted by Gasteiger charge is -2.41. The number of hydrogen-bond donors (Lipinski definition) is 0. The molecule has 2 fully saturated rings. The number of ether oxygens (including phenoxy) is 1. The van der Waals surface area contributed by atoms with Gasteiger partial charge in [-0.1, -0.05) is 18.6 Å². The van der Waals surface area contributed by atoms with Crippen LogP contribution in [0, 0.1) is 6.92 Å². The van der Waals surface area contributed by atoms with Crippen molar-refractivity contribution >= 4 is 16.6 Å². The Morgan fingerprint density at radius 2 is 1.93 bits per heavy atom. The van der Waals surface area contributed by atoms with Crippen LogP contribution in [-0.2, 0) is 0 Å². The number of aromatic nitrogens is 1. The van der Waals surface area contributed by atoms with Gasteiger partial charge in [0.15, 0.2) is 0 Å². The van der Waals surface area contributed by atoms with Crippen LogP contribution in [0.1, 0.15) is 25.0 Å². The van der Waals surface area contributed by atoms with E-state index >= 15 is 0 Å². The Bertz CT molecular complexity index is 785. The maximum Gasteiger partial charge on any atom is 0.145 e. The van der Waals surface area contributed by atoms with Gasteiger partial charge in [-0.15, -0.1) is 0 Å². The lowest BCUT2D eigenvalue weighted by molar-refractivity contribution is 0.125. The monoisotopic (exact) mass is 368 g/mol. The molecule has 1 unspecified atom stereocenters. The van der Waals surface area contributed by atoms with Crippen molar-refractivity contribution in [1.29, 1.82) is 0 Å². The SMILES string of the molecule is COc1cccc2c(N3CCN(CC4CCCCN4C)CC3)cc(C)nc12. The van der Waals surface area contributed by atoms with Gasteiger partial charge >= 0.3 is 0 Å². The van der Waals surface area contributed by atoms with E-state index in [-0.39, 0.29) is 0 Å². The lowest BCUT2D eigenvalue weighted by atomic mass is 10.0. The molecule has 0 bridgehead atoms. The van der Waals surface area contributed by atoms with E-state index in [1.54, 1.807) is 7.11 Å². The minimum atomic E-state index is 0.735. The van der Waals surface area contributed by atoms with Crippen molar-refractivity contribution in [3.05, 3.63) is 30.0 Å². The summed E-state index contributed by atoms with van der Waals surface area (Å²) >= 11 is 0. The van der Waals surface area contributed by atoms with Crippen molar-refractivity contribution in [3.63, 3.8) is 0 Å². The Kier molecular flexibility index (Phi) is 5.50. The van der Waals surface area contributed by atoms with Gasteiger partial charge in [0.05, 0.1) is 7.11 Å². The first-order chi connectivity index (χ1) is 13.2. The fourth-order valence-corrected chi connectivity index (χ4v) is 4.60. The van der Waals surface area contributed by atoms with Gasteiger partial charge < -0.3 is 14.5 Å². The maximum atomic E-state index is 5.54. The van der Waals surface area contributed by atoms with Crippen molar-refractivity contribution in [1.82, 2.24) is 14.8 Å². The van der Waals surface area contributed by atoms with E-state index < -0.39 is 0 Å². The molecule has 0 saturated carbocycles. The number of benzene rings is 1. The third-order valence-electron chi connectivity index (χ3n) is 6.23. The van der Waals surface area contributed by atoms with Crippen LogP contribution >= 0.6 is 0 Å². The molecule has 1 aromatic heterocycles. The molecule has 0 aliphatic carbocycles. The molecule has 5 nitrogen and oxygen atoms in total. The molecule has 2 aromatic rings. The third kappa shape index (κ3) is 3.90. The van der Waals surface area contributed by atoms with Gasteiger partial charge in [0, 0.05) is 55.5 Å². The van der Waals surface area contributed by atoms with E-state index in [1.807, 2.05) is 6.07 Å². The van der Waals surface area contributed by atoms with Crippen molar-refractivity contribution < 1.29 is 4.74 Å². The highest BCUT2D eigenvalue weighted by Gasteiger charge is 2.25. The second-order valence-corrected chi connectivity index (χ2v) is 8.06. The highest BCUT2D eigenvalue weighted by molar-refractivity contribution is 5.95. The van der Waals surface area contributed by atoms with Crippen LogP contribution in [0.5, 0.6) is 5.75 Å². The number of anilines is 1. The fourth-order valence-electron chi connectivity index (χ4n) is 4.60. The summed E-state index contributed by atoms with van der Waals surface area (Å²) in [5, 5.41) is 1.19. The van der Waals surface area contributed by atoms with Gasteiger partial charge in [0.1, 0.15) is 11.3 Å². The summed E-state index contributed by atoms with van der Waals surface area (Å²) in [5.74, 6) is 0.858. The number of nitrogens with zero attached hydrogens (tertiary/aromatic N) is 4. The molecule has 1 aromatic carbocycles. The number of pyridine rings is 1. The molecule has 5 heteroatoms. The van der Waals surface area contributed by atoms with Gasteiger partial charge in [0.2, 0.25) is 0 Å². The predicted molar refractivity (Wildman–Crippen MR) is 112 cm³/mol. The molecule has 0 N–H and O–H groups in total.